The van der Waals surface area contributed by atoms with Gasteiger partial charge in [-0.25, -0.2) is 0 Å². The summed E-state index contributed by atoms with van der Waals surface area (Å²) in [5, 5.41) is 30.1. The molecule has 0 bridgehead atoms. The first-order chi connectivity index (χ1) is 22.2. The zero-order valence-corrected chi connectivity index (χ0v) is 35.0. The van der Waals surface area contributed by atoms with Crippen LogP contribution in [0.1, 0.15) is 34.1 Å². The second-order valence-corrected chi connectivity index (χ2v) is 22.7. The summed E-state index contributed by atoms with van der Waals surface area (Å²) >= 11 is 0. The van der Waals surface area contributed by atoms with Gasteiger partial charge in [-0.1, -0.05) is 72.8 Å². The van der Waals surface area contributed by atoms with Crippen molar-refractivity contribution < 1.29 is 21.1 Å². The second-order valence-electron chi connectivity index (χ2n) is 10.7. The molecule has 0 radical (unpaired) electrons. The fraction of sp³-hybridized carbons (Fsp3) is 0.351. The predicted octanol–water partition coefficient (Wildman–Crippen LogP) is 8.66. The third kappa shape index (κ3) is 16.8. The molecule has 0 saturated carbocycles. The molecule has 0 spiro atoms. The van der Waals surface area contributed by atoms with Crippen LogP contribution in [-0.4, -0.2) is 49.3 Å². The Kier molecular flexibility index (Phi) is 28.1. The first-order valence-electron chi connectivity index (χ1n) is 16.2. The van der Waals surface area contributed by atoms with Gasteiger partial charge in [0.1, 0.15) is 12.3 Å². The predicted molar refractivity (Wildman–Crippen MR) is 211 cm³/mol. The van der Waals surface area contributed by atoms with E-state index in [1.165, 1.54) is 58.2 Å². The van der Waals surface area contributed by atoms with Crippen molar-refractivity contribution in [1.82, 2.24) is 0 Å². The number of hydrogen-bond acceptors (Lipinski definition) is 4. The monoisotopic (exact) mass is 862 g/mol. The van der Waals surface area contributed by atoms with Crippen LogP contribution in [0.15, 0.2) is 121 Å². The molecule has 0 fully saturated rings. The molecule has 0 saturated heterocycles. The Labute approximate surface area is 298 Å². The van der Waals surface area contributed by atoms with Crippen molar-refractivity contribution in [1.29, 1.82) is 21.6 Å². The van der Waals surface area contributed by atoms with Crippen molar-refractivity contribution >= 4 is 52.9 Å². The van der Waals surface area contributed by atoms with E-state index in [0.29, 0.717) is 0 Å². The van der Waals surface area contributed by atoms with E-state index in [2.05, 4.69) is 149 Å². The van der Waals surface area contributed by atoms with Gasteiger partial charge in [-0.3, -0.25) is 0 Å². The van der Waals surface area contributed by atoms with Crippen molar-refractivity contribution in [2.45, 2.75) is 34.1 Å². The van der Waals surface area contributed by atoms with Gasteiger partial charge in [-0.2, -0.15) is 0 Å². The molecule has 244 valence electrons. The first kappa shape index (κ1) is 44.1. The topological polar surface area (TPSA) is 95.2 Å². The van der Waals surface area contributed by atoms with E-state index in [0.717, 1.165) is 0 Å². The summed E-state index contributed by atoms with van der Waals surface area (Å²) in [5.41, 5.74) is 0. The number of rotatable bonds is 15. The fourth-order valence-electron chi connectivity index (χ4n) is 5.51. The van der Waals surface area contributed by atoms with Gasteiger partial charge in [0.25, 0.3) is 0 Å². The third-order valence-electron chi connectivity index (χ3n) is 8.17. The second kappa shape index (κ2) is 29.3. The molecule has 4 aromatic rings. The van der Waals surface area contributed by atoms with Gasteiger partial charge in [-0.05, 0) is 76.2 Å². The summed E-state index contributed by atoms with van der Waals surface area (Å²) in [6.45, 7) is 9.51. The average Bonchev–Trinajstić information content (AvgIpc) is 3.14. The Hall–Kier alpha value is -1.87. The average molecular weight is 863 g/mol. The van der Waals surface area contributed by atoms with Crippen LogP contribution in [0, 0.1) is 21.6 Å². The van der Waals surface area contributed by atoms with Gasteiger partial charge in [0.2, 0.25) is 0 Å². The normalized spacial score (nSPS) is 10.1. The van der Waals surface area contributed by atoms with E-state index in [-0.39, 0.29) is 36.9 Å². The van der Waals surface area contributed by atoms with E-state index in [4.69, 9.17) is 21.6 Å². The summed E-state index contributed by atoms with van der Waals surface area (Å²) in [6.07, 6.45) is 13.2. The maximum Gasteiger partial charge on any atom is 0.101 e. The quantitative estimate of drug-likeness (QED) is 0.0884. The minimum atomic E-state index is -0.783. The maximum atomic E-state index is 6.00. The molecule has 4 nitrogen and oxygen atoms in total. The van der Waals surface area contributed by atoms with Gasteiger partial charge < -0.3 is 0 Å². The van der Waals surface area contributed by atoms with Crippen LogP contribution in [0.2, 0.25) is 0 Å². The van der Waals surface area contributed by atoms with Crippen LogP contribution < -0.4 is 21.2 Å². The van der Waals surface area contributed by atoms with Crippen LogP contribution in [0.25, 0.3) is 0 Å². The molecule has 0 aliphatic rings. The van der Waals surface area contributed by atoms with Gasteiger partial charge in [0, 0.05) is 64.9 Å². The summed E-state index contributed by atoms with van der Waals surface area (Å²) in [6, 6.07) is 44.5. The fourth-order valence-corrected chi connectivity index (χ4v) is 15.8. The Morgan fingerprint density at radius 2 is 0.587 bits per heavy atom. The molecule has 0 amide bonds. The van der Waals surface area contributed by atoms with E-state index in [1.807, 2.05) is 0 Å². The number of nitrogens with zero attached hydrogens (tertiary/aromatic N) is 4. The van der Waals surface area contributed by atoms with Crippen LogP contribution in [0.3, 0.4) is 0 Å². The van der Waals surface area contributed by atoms with Crippen molar-refractivity contribution in [2.24, 2.45) is 0 Å². The molecule has 0 unspecified atom stereocenters. The molecule has 0 atom stereocenters. The molecular weight excluding hydrogens is 808 g/mol. The summed E-state index contributed by atoms with van der Waals surface area (Å²) in [7, 11) is -1.40. The van der Waals surface area contributed by atoms with E-state index < -0.39 is 15.8 Å². The smallest absolute Gasteiger partial charge is 0.0620 e. The Balaban J connectivity index is 0.000000959. The Morgan fingerprint density at radius 3 is 0.783 bits per heavy atom. The molecule has 0 aliphatic heterocycles. The van der Waals surface area contributed by atoms with E-state index >= 15 is 0 Å². The summed E-state index contributed by atoms with van der Waals surface area (Å²) < 4.78 is 0. The van der Waals surface area contributed by atoms with Gasteiger partial charge in [0.05, 0.1) is 74.0 Å². The van der Waals surface area contributed by atoms with Crippen molar-refractivity contribution in [3.8, 4) is 0 Å². The van der Waals surface area contributed by atoms with Crippen LogP contribution >= 0.6 is 31.7 Å². The van der Waals surface area contributed by atoms with E-state index in [1.54, 1.807) is 18.7 Å². The Bertz CT molecular complexity index is 1090. The number of hydrogen-bond donors (Lipinski definition) is 0. The van der Waals surface area contributed by atoms with Crippen molar-refractivity contribution in [3.63, 3.8) is 0 Å². The largest absolute Gasteiger partial charge is 0.101 e. The maximum absolute atomic E-state index is 6.00. The molecule has 9 heteroatoms. The van der Waals surface area contributed by atoms with E-state index in [9.17, 15) is 0 Å². The first-order valence-corrected chi connectivity index (χ1v) is 23.9. The van der Waals surface area contributed by atoms with Gasteiger partial charge in [0.15, 0.2) is 0 Å². The standard InChI is InChI=1S/C26H24P2.C11H26P2.2N2.W/c1-5-13-23(14-6-1)27(24-15-7-2-8-16-24)21-22-28(25-17-9-3-10-18-25)26-19-11-4-12-20-26;1-5-12(6-2)10-9-11-13(7-3)8-4;2*1-2;/h1-20H,21-22H2;5-11H2,1-4H3;;;/p+4. The molecular formula is C37H54N4P4W+4. The van der Waals surface area contributed by atoms with Crippen molar-refractivity contribution in [3.05, 3.63) is 121 Å². The summed E-state index contributed by atoms with van der Waals surface area (Å²) in [4.78, 5) is 0. The molecule has 0 N–H and O–H groups in total. The zero-order valence-electron chi connectivity index (χ0n) is 28.1. The van der Waals surface area contributed by atoms with Gasteiger partial charge >= 0.3 is 0 Å². The van der Waals surface area contributed by atoms with Gasteiger partial charge in [-0.15, -0.1) is 0 Å². The SMILES string of the molecule is CC[PH+](CC)CCC[PH+](CC)CC.N#N.N#N.[W].c1ccc([PH+](CC[PH+](c2ccccc2)c2ccccc2)c2ccccc2)cc1. The molecule has 4 aromatic carbocycles. The van der Waals surface area contributed by atoms with Crippen LogP contribution in [0.4, 0.5) is 0 Å². The Morgan fingerprint density at radius 1 is 0.370 bits per heavy atom. The minimum Gasteiger partial charge on any atom is -0.0620 e. The van der Waals surface area contributed by atoms with Crippen LogP contribution in [-0.2, 0) is 21.1 Å². The number of benzene rings is 4. The molecule has 4 rings (SSSR count). The third-order valence-corrected chi connectivity index (χ3v) is 20.4. The minimum absolute atomic E-state index is 0. The zero-order chi connectivity index (χ0) is 33.1. The molecule has 0 aliphatic carbocycles. The molecule has 0 aromatic heterocycles. The summed E-state index contributed by atoms with van der Waals surface area (Å²) in [5.74, 6) is 0. The molecule has 0 heterocycles. The van der Waals surface area contributed by atoms with Crippen molar-refractivity contribution in [2.75, 3.05) is 49.3 Å². The van der Waals surface area contributed by atoms with Crippen LogP contribution in [0.5, 0.6) is 0 Å². The molecule has 46 heavy (non-hydrogen) atoms.